The summed E-state index contributed by atoms with van der Waals surface area (Å²) in [6.45, 7) is 2.27. The van der Waals surface area contributed by atoms with Crippen LogP contribution in [0.3, 0.4) is 0 Å². The number of hydrogen-bond donors (Lipinski definition) is 1. The minimum atomic E-state index is -0.845. The van der Waals surface area contributed by atoms with Gasteiger partial charge in [-0.3, -0.25) is 0 Å². The topological polar surface area (TPSA) is 37.3 Å². The van der Waals surface area contributed by atoms with Gasteiger partial charge in [-0.05, 0) is 24.5 Å². The second kappa shape index (κ2) is 17.3. The summed E-state index contributed by atoms with van der Waals surface area (Å²) in [6.07, 6.45) is 23.6. The molecule has 0 unspecified atom stereocenters. The molecule has 0 saturated carbocycles. The Labute approximate surface area is 172 Å². The molecule has 0 aliphatic rings. The van der Waals surface area contributed by atoms with Crippen molar-refractivity contribution in [2.45, 2.75) is 96.8 Å². The SMILES string of the molecule is CCCCCCCCCCCCCCC/C=C(\C=C\c1ccccc1)C(=O)O. The Morgan fingerprint density at radius 3 is 1.79 bits per heavy atom. The van der Waals surface area contributed by atoms with Crippen molar-refractivity contribution in [2.75, 3.05) is 0 Å². The van der Waals surface area contributed by atoms with Gasteiger partial charge in [0.15, 0.2) is 0 Å². The highest BCUT2D eigenvalue weighted by Crippen LogP contribution is 2.14. The minimum absolute atomic E-state index is 0.391. The van der Waals surface area contributed by atoms with Crippen LogP contribution in [0.5, 0.6) is 0 Å². The predicted octanol–water partition coefficient (Wildman–Crippen LogP) is 8.19. The van der Waals surface area contributed by atoms with Crippen molar-refractivity contribution in [1.82, 2.24) is 0 Å². The fourth-order valence-electron chi connectivity index (χ4n) is 3.40. The summed E-state index contributed by atoms with van der Waals surface area (Å²) in [5, 5.41) is 9.34. The Balaban J connectivity index is 2.05. The van der Waals surface area contributed by atoms with Crippen LogP contribution < -0.4 is 0 Å². The maximum atomic E-state index is 11.4. The minimum Gasteiger partial charge on any atom is -0.478 e. The van der Waals surface area contributed by atoms with Crippen molar-refractivity contribution < 1.29 is 9.90 Å². The summed E-state index contributed by atoms with van der Waals surface area (Å²) >= 11 is 0. The predicted molar refractivity (Wildman–Crippen MR) is 122 cm³/mol. The maximum absolute atomic E-state index is 11.4. The number of allylic oxidation sites excluding steroid dienone is 1. The highest BCUT2D eigenvalue weighted by atomic mass is 16.4. The third-order valence-electron chi connectivity index (χ3n) is 5.17. The Morgan fingerprint density at radius 2 is 1.29 bits per heavy atom. The fourth-order valence-corrected chi connectivity index (χ4v) is 3.40. The first-order chi connectivity index (χ1) is 13.7. The van der Waals surface area contributed by atoms with E-state index in [2.05, 4.69) is 6.92 Å². The van der Waals surface area contributed by atoms with Crippen LogP contribution in [0.2, 0.25) is 0 Å². The zero-order valence-electron chi connectivity index (χ0n) is 17.9. The maximum Gasteiger partial charge on any atom is 0.335 e. The normalized spacial score (nSPS) is 12.0. The summed E-state index contributed by atoms with van der Waals surface area (Å²) in [5.41, 5.74) is 1.42. The van der Waals surface area contributed by atoms with Crippen LogP contribution >= 0.6 is 0 Å². The van der Waals surface area contributed by atoms with Crippen molar-refractivity contribution in [2.24, 2.45) is 0 Å². The van der Waals surface area contributed by atoms with E-state index in [1.54, 1.807) is 6.08 Å². The van der Waals surface area contributed by atoms with E-state index in [9.17, 15) is 9.90 Å². The Hall–Kier alpha value is -1.83. The lowest BCUT2D eigenvalue weighted by Crippen LogP contribution is -1.97. The highest BCUT2D eigenvalue weighted by molar-refractivity contribution is 5.91. The molecule has 28 heavy (non-hydrogen) atoms. The van der Waals surface area contributed by atoms with Gasteiger partial charge in [0.05, 0.1) is 5.57 Å². The van der Waals surface area contributed by atoms with Crippen LogP contribution in [0.25, 0.3) is 6.08 Å². The smallest absolute Gasteiger partial charge is 0.335 e. The average molecular weight is 385 g/mol. The molecule has 0 radical (unpaired) electrons. The van der Waals surface area contributed by atoms with Gasteiger partial charge in [0.25, 0.3) is 0 Å². The van der Waals surface area contributed by atoms with Crippen molar-refractivity contribution >= 4 is 12.0 Å². The quantitative estimate of drug-likeness (QED) is 0.167. The molecule has 0 saturated heterocycles. The summed E-state index contributed by atoms with van der Waals surface area (Å²) < 4.78 is 0. The van der Waals surface area contributed by atoms with Gasteiger partial charge < -0.3 is 5.11 Å². The second-order valence-electron chi connectivity index (χ2n) is 7.74. The van der Waals surface area contributed by atoms with Gasteiger partial charge >= 0.3 is 5.97 Å². The van der Waals surface area contributed by atoms with Crippen molar-refractivity contribution in [3.63, 3.8) is 0 Å². The summed E-state index contributed by atoms with van der Waals surface area (Å²) in [5.74, 6) is -0.845. The molecule has 1 aromatic carbocycles. The van der Waals surface area contributed by atoms with E-state index in [1.165, 1.54) is 77.0 Å². The molecule has 1 aromatic rings. The molecule has 0 aliphatic carbocycles. The van der Waals surface area contributed by atoms with Gasteiger partial charge in [-0.15, -0.1) is 0 Å². The molecule has 0 atom stereocenters. The van der Waals surface area contributed by atoms with E-state index in [0.717, 1.165) is 18.4 Å². The van der Waals surface area contributed by atoms with E-state index in [4.69, 9.17) is 0 Å². The van der Waals surface area contributed by atoms with E-state index >= 15 is 0 Å². The molecule has 2 heteroatoms. The van der Waals surface area contributed by atoms with Gasteiger partial charge in [-0.2, -0.15) is 0 Å². The molecule has 0 heterocycles. The van der Waals surface area contributed by atoms with Crippen LogP contribution in [-0.4, -0.2) is 11.1 Å². The molecule has 0 aliphatic heterocycles. The summed E-state index contributed by atoms with van der Waals surface area (Å²) in [7, 11) is 0. The van der Waals surface area contributed by atoms with E-state index in [1.807, 2.05) is 42.5 Å². The average Bonchev–Trinajstić information content (AvgIpc) is 2.71. The standard InChI is InChI=1S/C26H40O2/c1-2-3-4-5-6-7-8-9-10-11-12-13-14-18-21-25(26(27)28)23-22-24-19-16-15-17-20-24/h15-17,19-23H,2-14,18H2,1H3,(H,27,28)/b23-22+,25-21+. The van der Waals surface area contributed by atoms with Gasteiger partial charge in [-0.25, -0.2) is 4.79 Å². The Morgan fingerprint density at radius 1 is 0.786 bits per heavy atom. The van der Waals surface area contributed by atoms with Gasteiger partial charge in [0.1, 0.15) is 0 Å². The first-order valence-corrected chi connectivity index (χ1v) is 11.4. The molecule has 2 nitrogen and oxygen atoms in total. The van der Waals surface area contributed by atoms with Crippen LogP contribution in [-0.2, 0) is 4.79 Å². The lowest BCUT2D eigenvalue weighted by atomic mass is 10.0. The number of benzene rings is 1. The zero-order chi connectivity index (χ0) is 20.3. The van der Waals surface area contributed by atoms with Crippen LogP contribution in [0, 0.1) is 0 Å². The van der Waals surface area contributed by atoms with E-state index in [-0.39, 0.29) is 0 Å². The molecule has 0 aromatic heterocycles. The molecule has 0 fully saturated rings. The number of aliphatic carboxylic acids is 1. The first-order valence-electron chi connectivity index (χ1n) is 11.4. The van der Waals surface area contributed by atoms with Gasteiger partial charge in [0, 0.05) is 0 Å². The van der Waals surface area contributed by atoms with Crippen molar-refractivity contribution in [3.8, 4) is 0 Å². The van der Waals surface area contributed by atoms with Crippen LogP contribution in [0.4, 0.5) is 0 Å². The van der Waals surface area contributed by atoms with E-state index < -0.39 is 5.97 Å². The highest BCUT2D eigenvalue weighted by Gasteiger charge is 2.02. The van der Waals surface area contributed by atoms with Gasteiger partial charge in [-0.1, -0.05) is 126 Å². The molecule has 0 spiro atoms. The van der Waals surface area contributed by atoms with Crippen LogP contribution in [0.15, 0.2) is 48.1 Å². The summed E-state index contributed by atoms with van der Waals surface area (Å²) in [4.78, 5) is 11.4. The van der Waals surface area contributed by atoms with Crippen molar-refractivity contribution in [3.05, 3.63) is 53.6 Å². The second-order valence-corrected chi connectivity index (χ2v) is 7.74. The molecule has 0 bridgehead atoms. The molecular weight excluding hydrogens is 344 g/mol. The first kappa shape index (κ1) is 24.2. The molecule has 156 valence electrons. The molecule has 0 amide bonds. The Bertz CT molecular complexity index is 557. The lowest BCUT2D eigenvalue weighted by molar-refractivity contribution is -0.132. The third kappa shape index (κ3) is 13.4. The number of carboxylic acid groups (broad SMARTS) is 1. The van der Waals surface area contributed by atoms with Crippen molar-refractivity contribution in [1.29, 1.82) is 0 Å². The molecular formula is C26H40O2. The van der Waals surface area contributed by atoms with Crippen LogP contribution in [0.1, 0.15) is 102 Å². The Kier molecular flexibility index (Phi) is 14.9. The number of hydrogen-bond acceptors (Lipinski definition) is 1. The lowest BCUT2D eigenvalue weighted by Gasteiger charge is -2.02. The van der Waals surface area contributed by atoms with E-state index in [0.29, 0.717) is 5.57 Å². The monoisotopic (exact) mass is 384 g/mol. The molecule has 1 N–H and O–H groups in total. The fraction of sp³-hybridized carbons (Fsp3) is 0.577. The number of carboxylic acids is 1. The number of rotatable bonds is 17. The van der Waals surface area contributed by atoms with Gasteiger partial charge in [0.2, 0.25) is 0 Å². The largest absolute Gasteiger partial charge is 0.478 e. The zero-order valence-corrected chi connectivity index (χ0v) is 17.9. The number of unbranched alkanes of at least 4 members (excludes halogenated alkanes) is 13. The molecule has 1 rings (SSSR count). The number of carbonyl (C=O) groups is 1. The summed E-state index contributed by atoms with van der Waals surface area (Å²) in [6, 6.07) is 9.82. The third-order valence-corrected chi connectivity index (χ3v) is 5.17.